The van der Waals surface area contributed by atoms with E-state index in [1.54, 1.807) is 0 Å². The minimum atomic E-state index is -0.537. The van der Waals surface area contributed by atoms with Gasteiger partial charge in [0.2, 0.25) is 0 Å². The number of hydrogen-bond acceptors (Lipinski definition) is 3. The highest BCUT2D eigenvalue weighted by Gasteiger charge is 1.99. The normalized spacial score (nSPS) is 8.56. The fourth-order valence-corrected chi connectivity index (χ4v) is 0.339. The predicted octanol–water partition coefficient (Wildman–Crippen LogP) is 0.913. The van der Waals surface area contributed by atoms with E-state index in [0.717, 1.165) is 0 Å². The Morgan fingerprint density at radius 2 is 2.00 bits per heavy atom. The molecular formula is C5H8N2O2. The summed E-state index contributed by atoms with van der Waals surface area (Å²) in [6.07, 6.45) is 0.264. The van der Waals surface area contributed by atoms with Crippen LogP contribution in [0.4, 0.5) is 0 Å². The Morgan fingerprint density at radius 1 is 1.44 bits per heavy atom. The highest BCUT2D eigenvalue weighted by molar-refractivity contribution is 5.83. The number of hydrogen-bond donors (Lipinski definition) is 1. The maximum atomic E-state index is 10.2. The van der Waals surface area contributed by atoms with Crippen molar-refractivity contribution in [2.45, 2.75) is 19.8 Å². The molecule has 50 valence electrons. The van der Waals surface area contributed by atoms with Gasteiger partial charge in [0.1, 0.15) is 5.78 Å². The quantitative estimate of drug-likeness (QED) is 0.574. The number of amides is 1. The monoisotopic (exact) mass is 128 g/mol. The molecule has 0 rings (SSSR count). The molecular weight excluding hydrogens is 120 g/mol. The first-order valence-electron chi connectivity index (χ1n) is 2.56. The molecule has 4 nitrogen and oxygen atoms in total. The van der Waals surface area contributed by atoms with Gasteiger partial charge in [-0.05, 0) is 6.92 Å². The molecule has 0 saturated heterocycles. The second-order valence-electron chi connectivity index (χ2n) is 1.71. The smallest absolute Gasteiger partial charge is 0.264 e. The summed E-state index contributed by atoms with van der Waals surface area (Å²) in [6.45, 7) is 1.40. The van der Waals surface area contributed by atoms with Crippen LogP contribution in [0.2, 0.25) is 0 Å². The minimum Gasteiger partial charge on any atom is -0.300 e. The summed E-state index contributed by atoms with van der Waals surface area (Å²) in [7, 11) is 0. The van der Waals surface area contributed by atoms with E-state index in [9.17, 15) is 9.59 Å². The van der Waals surface area contributed by atoms with Gasteiger partial charge >= 0.3 is 0 Å². The van der Waals surface area contributed by atoms with E-state index in [1.165, 1.54) is 6.92 Å². The zero-order chi connectivity index (χ0) is 7.28. The zero-order valence-corrected chi connectivity index (χ0v) is 5.18. The van der Waals surface area contributed by atoms with Crippen molar-refractivity contribution in [3.63, 3.8) is 0 Å². The summed E-state index contributed by atoms with van der Waals surface area (Å²) in [5.74, 6) is -0.586. The fraction of sp³-hybridized carbons (Fsp3) is 0.600. The molecule has 0 spiro atoms. The third-order valence-electron chi connectivity index (χ3n) is 0.816. The number of nitrogens with one attached hydrogen (secondary N) is 1. The van der Waals surface area contributed by atoms with E-state index >= 15 is 0 Å². The van der Waals surface area contributed by atoms with Gasteiger partial charge in [-0.15, -0.1) is 5.11 Å². The fourth-order valence-electron chi connectivity index (χ4n) is 0.339. The topological polar surface area (TPSA) is 70.3 Å². The number of ketones is 1. The van der Waals surface area contributed by atoms with Crippen LogP contribution in [-0.4, -0.2) is 11.7 Å². The molecule has 0 aromatic rings. The van der Waals surface area contributed by atoms with Gasteiger partial charge in [-0.2, -0.15) is 0 Å². The molecule has 0 aliphatic carbocycles. The van der Waals surface area contributed by atoms with Crippen LogP contribution < -0.4 is 0 Å². The van der Waals surface area contributed by atoms with Crippen molar-refractivity contribution in [1.82, 2.24) is 0 Å². The standard InChI is InChI=1S/C5H8N2O2/c1-4(8)2-3-5(9)7-6/h6H,2-3H2,1H3. The maximum absolute atomic E-state index is 10.2. The van der Waals surface area contributed by atoms with Crippen LogP contribution in [0.25, 0.3) is 0 Å². The number of Topliss-reactive ketones (excluding diaryl/α,β-unsaturated/α-hetero) is 1. The van der Waals surface area contributed by atoms with E-state index in [0.29, 0.717) is 0 Å². The second-order valence-corrected chi connectivity index (χ2v) is 1.71. The molecule has 1 N–H and O–H groups in total. The van der Waals surface area contributed by atoms with Gasteiger partial charge in [0.15, 0.2) is 0 Å². The lowest BCUT2D eigenvalue weighted by Gasteiger charge is -1.86. The van der Waals surface area contributed by atoms with Crippen molar-refractivity contribution in [2.75, 3.05) is 0 Å². The van der Waals surface area contributed by atoms with Crippen LogP contribution in [0.1, 0.15) is 19.8 Å². The molecule has 0 unspecified atom stereocenters. The molecule has 0 aromatic heterocycles. The summed E-state index contributed by atoms with van der Waals surface area (Å²) < 4.78 is 0. The van der Waals surface area contributed by atoms with Gasteiger partial charge < -0.3 is 4.79 Å². The summed E-state index contributed by atoms with van der Waals surface area (Å²) in [4.78, 5) is 20.4. The van der Waals surface area contributed by atoms with Crippen molar-refractivity contribution in [3.05, 3.63) is 0 Å². The van der Waals surface area contributed by atoms with Crippen LogP contribution in [0.5, 0.6) is 0 Å². The summed E-state index contributed by atoms with van der Waals surface area (Å²) >= 11 is 0. The Balaban J connectivity index is 3.39. The molecule has 0 atom stereocenters. The first kappa shape index (κ1) is 7.94. The molecule has 0 heterocycles. The Kier molecular flexibility index (Phi) is 3.43. The predicted molar refractivity (Wildman–Crippen MR) is 30.1 cm³/mol. The van der Waals surface area contributed by atoms with Crippen LogP contribution >= 0.6 is 0 Å². The average molecular weight is 128 g/mol. The molecule has 0 aliphatic rings. The summed E-state index contributed by atoms with van der Waals surface area (Å²) in [5, 5.41) is 2.62. The Hall–Kier alpha value is -1.06. The van der Waals surface area contributed by atoms with E-state index in [-0.39, 0.29) is 18.6 Å². The molecule has 9 heavy (non-hydrogen) atoms. The maximum Gasteiger partial charge on any atom is 0.264 e. The first-order valence-corrected chi connectivity index (χ1v) is 2.56. The Bertz CT molecular complexity index is 142. The van der Waals surface area contributed by atoms with Crippen molar-refractivity contribution >= 4 is 11.7 Å². The summed E-state index contributed by atoms with van der Waals surface area (Å²) in [5.41, 5.74) is 6.22. The van der Waals surface area contributed by atoms with Crippen LogP contribution in [0, 0.1) is 5.53 Å². The highest BCUT2D eigenvalue weighted by atomic mass is 16.1. The number of rotatable bonds is 3. The largest absolute Gasteiger partial charge is 0.300 e. The van der Waals surface area contributed by atoms with E-state index < -0.39 is 5.91 Å². The van der Waals surface area contributed by atoms with Crippen LogP contribution in [0.15, 0.2) is 5.11 Å². The average Bonchev–Trinajstić information content (AvgIpc) is 1.83. The molecule has 0 radical (unpaired) electrons. The van der Waals surface area contributed by atoms with Gasteiger partial charge in [0, 0.05) is 12.8 Å². The second kappa shape index (κ2) is 3.88. The van der Waals surface area contributed by atoms with Crippen molar-refractivity contribution < 1.29 is 9.59 Å². The summed E-state index contributed by atoms with van der Waals surface area (Å²) in [6, 6.07) is 0. The molecule has 1 amide bonds. The molecule has 0 aromatic carbocycles. The lowest BCUT2D eigenvalue weighted by Crippen LogP contribution is -1.96. The van der Waals surface area contributed by atoms with Gasteiger partial charge in [-0.3, -0.25) is 4.79 Å². The lowest BCUT2D eigenvalue weighted by molar-refractivity contribution is -0.122. The Labute approximate surface area is 52.8 Å². The van der Waals surface area contributed by atoms with Crippen LogP contribution in [-0.2, 0) is 9.59 Å². The van der Waals surface area contributed by atoms with Crippen molar-refractivity contribution in [2.24, 2.45) is 5.11 Å². The van der Waals surface area contributed by atoms with Gasteiger partial charge in [-0.25, -0.2) is 5.53 Å². The van der Waals surface area contributed by atoms with Crippen molar-refractivity contribution in [1.29, 1.82) is 5.53 Å². The third-order valence-corrected chi connectivity index (χ3v) is 0.816. The van der Waals surface area contributed by atoms with Gasteiger partial charge in [0.25, 0.3) is 5.91 Å². The van der Waals surface area contributed by atoms with Crippen molar-refractivity contribution in [3.8, 4) is 0 Å². The van der Waals surface area contributed by atoms with Gasteiger partial charge in [-0.1, -0.05) is 0 Å². The number of carbonyl (C=O) groups is 2. The molecule has 0 fully saturated rings. The highest BCUT2D eigenvalue weighted by Crippen LogP contribution is 1.91. The van der Waals surface area contributed by atoms with E-state index in [4.69, 9.17) is 5.53 Å². The SMILES string of the molecule is CC(=O)CCC(=O)N=N. The molecule has 0 aliphatic heterocycles. The van der Waals surface area contributed by atoms with Gasteiger partial charge in [0.05, 0.1) is 0 Å². The molecule has 0 bridgehead atoms. The number of nitrogens with zero attached hydrogens (tertiary/aromatic N) is 1. The molecule has 0 saturated carbocycles. The van der Waals surface area contributed by atoms with E-state index in [2.05, 4.69) is 5.11 Å². The Morgan fingerprint density at radius 3 is 2.33 bits per heavy atom. The number of carbonyl (C=O) groups excluding carboxylic acids is 2. The first-order chi connectivity index (χ1) is 4.16. The molecule has 4 heteroatoms. The van der Waals surface area contributed by atoms with Crippen LogP contribution in [0.3, 0.4) is 0 Å². The third kappa shape index (κ3) is 4.80. The van der Waals surface area contributed by atoms with E-state index in [1.807, 2.05) is 0 Å². The minimum absolute atomic E-state index is 0.0491. The lowest BCUT2D eigenvalue weighted by atomic mass is 10.2. The zero-order valence-electron chi connectivity index (χ0n) is 5.18.